The van der Waals surface area contributed by atoms with Crippen LogP contribution in [0, 0.1) is 0 Å². The van der Waals surface area contributed by atoms with E-state index in [1.54, 1.807) is 23.8 Å². The molecule has 0 saturated carbocycles. The van der Waals surface area contributed by atoms with Crippen molar-refractivity contribution in [3.8, 4) is 0 Å². The van der Waals surface area contributed by atoms with Gasteiger partial charge in [0.15, 0.2) is 0 Å². The predicted molar refractivity (Wildman–Crippen MR) is 69.6 cm³/mol. The highest BCUT2D eigenvalue weighted by molar-refractivity contribution is 7.89. The van der Waals surface area contributed by atoms with Crippen LogP contribution in [0.4, 0.5) is 0 Å². The zero-order valence-electron chi connectivity index (χ0n) is 10.6. The second kappa shape index (κ2) is 5.86. The number of nitrogens with zero attached hydrogens (tertiary/aromatic N) is 1. The van der Waals surface area contributed by atoms with Crippen molar-refractivity contribution in [1.82, 2.24) is 9.62 Å². The van der Waals surface area contributed by atoms with Crippen LogP contribution in [0.5, 0.6) is 0 Å². The summed E-state index contributed by atoms with van der Waals surface area (Å²) < 4.78 is 30.0. The van der Waals surface area contributed by atoms with Crippen LogP contribution in [0.3, 0.4) is 0 Å². The van der Waals surface area contributed by atoms with Crippen molar-refractivity contribution >= 4 is 10.0 Å². The van der Waals surface area contributed by atoms with Gasteiger partial charge < -0.3 is 9.73 Å². The molecule has 0 aliphatic carbocycles. The van der Waals surface area contributed by atoms with Gasteiger partial charge in [-0.25, -0.2) is 12.7 Å². The third kappa shape index (κ3) is 3.34. The fourth-order valence-electron chi connectivity index (χ4n) is 2.18. The molecule has 2 rings (SSSR count). The Labute approximate surface area is 108 Å². The van der Waals surface area contributed by atoms with Gasteiger partial charge in [0.05, 0.1) is 18.3 Å². The smallest absolute Gasteiger partial charge is 0.213 e. The summed E-state index contributed by atoms with van der Waals surface area (Å²) in [6.45, 7) is 3.72. The maximum absolute atomic E-state index is 11.7. The first-order chi connectivity index (χ1) is 8.62. The molecule has 0 aromatic carbocycles. The molecule has 0 spiro atoms. The molecule has 0 amide bonds. The second-order valence-electron chi connectivity index (χ2n) is 4.59. The van der Waals surface area contributed by atoms with Crippen LogP contribution < -0.4 is 5.32 Å². The fourth-order valence-corrected chi connectivity index (χ4v) is 3.31. The van der Waals surface area contributed by atoms with Gasteiger partial charge in [-0.2, -0.15) is 0 Å². The predicted octanol–water partition coefficient (Wildman–Crippen LogP) is 1.18. The first-order valence-corrected chi connectivity index (χ1v) is 7.95. The zero-order valence-corrected chi connectivity index (χ0v) is 11.4. The molecule has 1 aliphatic rings. The molecule has 1 aromatic rings. The Morgan fingerprint density at radius 1 is 1.44 bits per heavy atom. The largest absolute Gasteiger partial charge is 0.472 e. The monoisotopic (exact) mass is 272 g/mol. The molecule has 0 radical (unpaired) electrons. The van der Waals surface area contributed by atoms with E-state index < -0.39 is 10.0 Å². The highest BCUT2D eigenvalue weighted by Crippen LogP contribution is 2.15. The van der Waals surface area contributed by atoms with Gasteiger partial charge in [0.1, 0.15) is 0 Å². The number of furan rings is 1. The van der Waals surface area contributed by atoms with E-state index in [-0.39, 0.29) is 5.75 Å². The molecule has 5 nitrogen and oxygen atoms in total. The molecule has 1 fully saturated rings. The van der Waals surface area contributed by atoms with Crippen LogP contribution in [0.25, 0.3) is 0 Å². The maximum atomic E-state index is 11.7. The van der Waals surface area contributed by atoms with Crippen LogP contribution in [-0.4, -0.2) is 37.6 Å². The van der Waals surface area contributed by atoms with Crippen molar-refractivity contribution in [1.29, 1.82) is 0 Å². The molecule has 6 heteroatoms. The number of nitrogens with one attached hydrogen (secondary N) is 1. The molecule has 0 atom stereocenters. The number of hydrogen-bond acceptors (Lipinski definition) is 4. The average Bonchev–Trinajstić information content (AvgIpc) is 2.90. The van der Waals surface area contributed by atoms with Crippen LogP contribution in [0.1, 0.15) is 25.3 Å². The van der Waals surface area contributed by atoms with E-state index in [1.807, 2.05) is 6.07 Å². The first-order valence-electron chi connectivity index (χ1n) is 6.34. The molecular weight excluding hydrogens is 252 g/mol. The van der Waals surface area contributed by atoms with Crippen molar-refractivity contribution in [3.05, 3.63) is 24.2 Å². The summed E-state index contributed by atoms with van der Waals surface area (Å²) in [5.74, 6) is 0.195. The topological polar surface area (TPSA) is 62.6 Å². The molecule has 1 aromatic heterocycles. The van der Waals surface area contributed by atoms with Crippen LogP contribution in [-0.2, 0) is 16.6 Å². The Hall–Kier alpha value is -0.850. The van der Waals surface area contributed by atoms with E-state index in [1.165, 1.54) is 0 Å². The van der Waals surface area contributed by atoms with Gasteiger partial charge >= 0.3 is 0 Å². The number of sulfonamides is 1. The molecule has 0 bridgehead atoms. The summed E-state index contributed by atoms with van der Waals surface area (Å²) in [4.78, 5) is 0. The van der Waals surface area contributed by atoms with Crippen LogP contribution in [0.2, 0.25) is 0 Å². The van der Waals surface area contributed by atoms with E-state index in [4.69, 9.17) is 4.42 Å². The lowest BCUT2D eigenvalue weighted by Crippen LogP contribution is -2.45. The highest BCUT2D eigenvalue weighted by Gasteiger charge is 2.26. The summed E-state index contributed by atoms with van der Waals surface area (Å²) in [6, 6.07) is 2.33. The molecular formula is C12H20N2O3S. The Kier molecular flexibility index (Phi) is 4.42. The van der Waals surface area contributed by atoms with Gasteiger partial charge in [-0.05, 0) is 25.8 Å². The lowest BCUT2D eigenvalue weighted by atomic mass is 10.1. The van der Waals surface area contributed by atoms with E-state index in [2.05, 4.69) is 5.32 Å². The van der Waals surface area contributed by atoms with E-state index in [0.29, 0.717) is 19.1 Å². The minimum absolute atomic E-state index is 0.195. The van der Waals surface area contributed by atoms with Crippen molar-refractivity contribution < 1.29 is 12.8 Å². The van der Waals surface area contributed by atoms with Gasteiger partial charge in [-0.3, -0.25) is 0 Å². The Bertz CT molecular complexity index is 448. The number of hydrogen-bond donors (Lipinski definition) is 1. The second-order valence-corrected chi connectivity index (χ2v) is 6.84. The first kappa shape index (κ1) is 13.6. The standard InChI is InChI=1S/C12H20N2O3S/c1-2-18(15,16)14-6-3-12(4-7-14)13-9-11-5-8-17-10-11/h5,8,10,12-13H,2-4,6-7,9H2,1H3. The van der Waals surface area contributed by atoms with Gasteiger partial charge in [0, 0.05) is 31.2 Å². The fraction of sp³-hybridized carbons (Fsp3) is 0.667. The van der Waals surface area contributed by atoms with Crippen LogP contribution in [0.15, 0.2) is 23.0 Å². The number of piperidine rings is 1. The minimum Gasteiger partial charge on any atom is -0.472 e. The highest BCUT2D eigenvalue weighted by atomic mass is 32.2. The molecule has 1 saturated heterocycles. The SMILES string of the molecule is CCS(=O)(=O)N1CCC(NCc2ccoc2)CC1. The van der Waals surface area contributed by atoms with Crippen molar-refractivity contribution in [2.45, 2.75) is 32.4 Å². The molecule has 1 N–H and O–H groups in total. The summed E-state index contributed by atoms with van der Waals surface area (Å²) in [5, 5.41) is 3.43. The maximum Gasteiger partial charge on any atom is 0.213 e. The summed E-state index contributed by atoms with van der Waals surface area (Å²) in [7, 11) is -3.01. The molecule has 0 unspecified atom stereocenters. The molecule has 2 heterocycles. The van der Waals surface area contributed by atoms with E-state index in [0.717, 1.165) is 24.9 Å². The Morgan fingerprint density at radius 3 is 2.72 bits per heavy atom. The Balaban J connectivity index is 1.77. The minimum atomic E-state index is -3.01. The van der Waals surface area contributed by atoms with Crippen molar-refractivity contribution in [2.75, 3.05) is 18.8 Å². The summed E-state index contributed by atoms with van der Waals surface area (Å²) in [5.41, 5.74) is 1.12. The normalized spacial score (nSPS) is 19.2. The lowest BCUT2D eigenvalue weighted by molar-refractivity contribution is 0.289. The van der Waals surface area contributed by atoms with Gasteiger partial charge in [0.2, 0.25) is 10.0 Å². The van der Waals surface area contributed by atoms with Gasteiger partial charge in [-0.15, -0.1) is 0 Å². The van der Waals surface area contributed by atoms with E-state index >= 15 is 0 Å². The number of rotatable bonds is 5. The van der Waals surface area contributed by atoms with Gasteiger partial charge in [-0.1, -0.05) is 0 Å². The average molecular weight is 272 g/mol. The molecule has 102 valence electrons. The molecule has 18 heavy (non-hydrogen) atoms. The quantitative estimate of drug-likeness (QED) is 0.874. The zero-order chi connectivity index (χ0) is 13.0. The third-order valence-corrected chi connectivity index (χ3v) is 5.27. The van der Waals surface area contributed by atoms with E-state index in [9.17, 15) is 8.42 Å². The van der Waals surface area contributed by atoms with Gasteiger partial charge in [0.25, 0.3) is 0 Å². The lowest BCUT2D eigenvalue weighted by Gasteiger charge is -2.31. The molecule has 1 aliphatic heterocycles. The summed E-state index contributed by atoms with van der Waals surface area (Å²) in [6.07, 6.45) is 5.13. The van der Waals surface area contributed by atoms with Crippen molar-refractivity contribution in [2.24, 2.45) is 0 Å². The van der Waals surface area contributed by atoms with Crippen LogP contribution >= 0.6 is 0 Å². The van der Waals surface area contributed by atoms with Crippen molar-refractivity contribution in [3.63, 3.8) is 0 Å². The Morgan fingerprint density at radius 2 is 2.17 bits per heavy atom. The summed E-state index contributed by atoms with van der Waals surface area (Å²) >= 11 is 0. The third-order valence-electron chi connectivity index (χ3n) is 3.39.